The first-order valence-corrected chi connectivity index (χ1v) is 11.3. The molecule has 0 saturated heterocycles. The molecule has 3 aromatic carbocycles. The fourth-order valence-corrected chi connectivity index (χ4v) is 4.62. The number of sulfonamides is 1. The number of amides is 1. The molecule has 0 aromatic heterocycles. The Bertz CT molecular complexity index is 1200. The number of para-hydroxylation sites is 1. The highest BCUT2D eigenvalue weighted by Gasteiger charge is 2.32. The van der Waals surface area contributed by atoms with Crippen LogP contribution in [0.4, 0.5) is 5.69 Å². The number of methoxy groups -OCH3 is 1. The lowest BCUT2D eigenvalue weighted by Crippen LogP contribution is -2.40. The van der Waals surface area contributed by atoms with Crippen LogP contribution in [0.3, 0.4) is 0 Å². The second kappa shape index (κ2) is 9.60. The standard InChI is InChI=1S/C22H19Cl2NO5S/c1-15-7-10-17(11-8-15)31(27,28)25(16-9-12-20(29-2)19(24)13-16)22(26)14-30-21-6-4-3-5-18(21)23/h3-13H,14H2,1-2H3. The quantitative estimate of drug-likeness (QED) is 0.470. The molecular formula is C22H19Cl2NO5S. The van der Waals surface area contributed by atoms with Crippen molar-refractivity contribution in [2.75, 3.05) is 18.0 Å². The van der Waals surface area contributed by atoms with E-state index >= 15 is 0 Å². The van der Waals surface area contributed by atoms with E-state index in [1.165, 1.54) is 37.4 Å². The van der Waals surface area contributed by atoms with Gasteiger partial charge >= 0.3 is 0 Å². The van der Waals surface area contributed by atoms with Crippen molar-refractivity contribution >= 4 is 44.8 Å². The Morgan fingerprint density at radius 2 is 1.61 bits per heavy atom. The molecule has 31 heavy (non-hydrogen) atoms. The number of hydrogen-bond donors (Lipinski definition) is 0. The number of carbonyl (C=O) groups excluding carboxylic acids is 1. The lowest BCUT2D eigenvalue weighted by atomic mass is 10.2. The summed E-state index contributed by atoms with van der Waals surface area (Å²) >= 11 is 12.2. The van der Waals surface area contributed by atoms with Gasteiger partial charge in [0.15, 0.2) is 6.61 Å². The van der Waals surface area contributed by atoms with Crippen molar-refractivity contribution < 1.29 is 22.7 Å². The van der Waals surface area contributed by atoms with Crippen LogP contribution in [-0.4, -0.2) is 28.0 Å². The highest BCUT2D eigenvalue weighted by molar-refractivity contribution is 7.93. The molecule has 0 saturated carbocycles. The molecule has 6 nitrogen and oxygen atoms in total. The average Bonchev–Trinajstić information content (AvgIpc) is 2.73. The molecule has 3 aromatic rings. The summed E-state index contributed by atoms with van der Waals surface area (Å²) in [6, 6.07) is 17.0. The van der Waals surface area contributed by atoms with Crippen LogP contribution in [-0.2, 0) is 14.8 Å². The van der Waals surface area contributed by atoms with E-state index in [9.17, 15) is 13.2 Å². The Balaban J connectivity index is 2.01. The number of benzene rings is 3. The number of rotatable bonds is 7. The van der Waals surface area contributed by atoms with E-state index in [-0.39, 0.29) is 21.4 Å². The van der Waals surface area contributed by atoms with Gasteiger partial charge in [-0.2, -0.15) is 4.31 Å². The molecule has 3 rings (SSSR count). The minimum atomic E-state index is -4.25. The normalized spacial score (nSPS) is 11.1. The van der Waals surface area contributed by atoms with Crippen LogP contribution < -0.4 is 13.8 Å². The summed E-state index contributed by atoms with van der Waals surface area (Å²) in [7, 11) is -2.81. The zero-order valence-corrected chi connectivity index (χ0v) is 19.0. The van der Waals surface area contributed by atoms with Gasteiger partial charge in [0.05, 0.1) is 27.7 Å². The highest BCUT2D eigenvalue weighted by Crippen LogP contribution is 2.32. The second-order valence-electron chi connectivity index (χ2n) is 6.51. The molecule has 0 bridgehead atoms. The number of carbonyl (C=O) groups is 1. The minimum absolute atomic E-state index is 0.0452. The van der Waals surface area contributed by atoms with E-state index in [4.69, 9.17) is 32.7 Å². The number of hydrogen-bond acceptors (Lipinski definition) is 5. The molecule has 0 atom stereocenters. The summed E-state index contributed by atoms with van der Waals surface area (Å²) in [4.78, 5) is 13.0. The molecule has 0 radical (unpaired) electrons. The van der Waals surface area contributed by atoms with Crippen molar-refractivity contribution in [2.24, 2.45) is 0 Å². The third kappa shape index (κ3) is 5.12. The van der Waals surface area contributed by atoms with E-state index < -0.39 is 22.5 Å². The van der Waals surface area contributed by atoms with E-state index in [1.807, 2.05) is 6.92 Å². The van der Waals surface area contributed by atoms with Gasteiger partial charge in [-0.25, -0.2) is 8.42 Å². The van der Waals surface area contributed by atoms with E-state index in [0.717, 1.165) is 5.56 Å². The Kier molecular flexibility index (Phi) is 7.10. The number of ether oxygens (including phenoxy) is 2. The van der Waals surface area contributed by atoms with Gasteiger partial charge < -0.3 is 9.47 Å². The number of halogens is 2. The summed E-state index contributed by atoms with van der Waals surface area (Å²) in [5.41, 5.74) is 0.936. The van der Waals surface area contributed by atoms with E-state index in [0.29, 0.717) is 15.1 Å². The third-order valence-corrected chi connectivity index (χ3v) is 6.71. The van der Waals surface area contributed by atoms with Crippen LogP contribution in [0.15, 0.2) is 71.6 Å². The molecule has 0 aliphatic carbocycles. The first kappa shape index (κ1) is 22.9. The lowest BCUT2D eigenvalue weighted by molar-refractivity contribution is -0.119. The SMILES string of the molecule is COc1ccc(N(C(=O)COc2ccccc2Cl)S(=O)(=O)c2ccc(C)cc2)cc1Cl. The van der Waals surface area contributed by atoms with Crippen LogP contribution in [0.5, 0.6) is 11.5 Å². The maximum absolute atomic E-state index is 13.4. The van der Waals surface area contributed by atoms with Crippen molar-refractivity contribution in [3.05, 3.63) is 82.3 Å². The summed E-state index contributed by atoms with van der Waals surface area (Å²) < 4.78 is 38.0. The second-order valence-corrected chi connectivity index (χ2v) is 9.12. The first-order valence-electron chi connectivity index (χ1n) is 9.09. The van der Waals surface area contributed by atoms with Gasteiger partial charge in [-0.1, -0.05) is 53.0 Å². The molecular weight excluding hydrogens is 461 g/mol. The van der Waals surface area contributed by atoms with Crippen molar-refractivity contribution in [3.8, 4) is 11.5 Å². The first-order chi connectivity index (χ1) is 14.7. The molecule has 9 heteroatoms. The summed E-state index contributed by atoms with van der Waals surface area (Å²) in [6.07, 6.45) is 0. The highest BCUT2D eigenvalue weighted by atomic mass is 35.5. The van der Waals surface area contributed by atoms with Gasteiger partial charge in [0.2, 0.25) is 0 Å². The van der Waals surface area contributed by atoms with Crippen molar-refractivity contribution in [3.63, 3.8) is 0 Å². The number of nitrogens with zero attached hydrogens (tertiary/aromatic N) is 1. The smallest absolute Gasteiger partial charge is 0.278 e. The van der Waals surface area contributed by atoms with Crippen LogP contribution >= 0.6 is 23.2 Å². The Morgan fingerprint density at radius 3 is 2.23 bits per heavy atom. The van der Waals surface area contributed by atoms with Gasteiger partial charge in [0.1, 0.15) is 11.5 Å². The molecule has 0 spiro atoms. The zero-order chi connectivity index (χ0) is 22.6. The van der Waals surface area contributed by atoms with Crippen LogP contribution in [0.25, 0.3) is 0 Å². The van der Waals surface area contributed by atoms with Crippen LogP contribution in [0.2, 0.25) is 10.0 Å². The molecule has 0 fully saturated rings. The van der Waals surface area contributed by atoms with Crippen LogP contribution in [0.1, 0.15) is 5.56 Å². The zero-order valence-electron chi connectivity index (χ0n) is 16.7. The van der Waals surface area contributed by atoms with Crippen LogP contribution in [0, 0.1) is 6.92 Å². The maximum Gasteiger partial charge on any atom is 0.278 e. The van der Waals surface area contributed by atoms with Gasteiger partial charge in [0, 0.05) is 0 Å². The van der Waals surface area contributed by atoms with Gasteiger partial charge in [-0.3, -0.25) is 4.79 Å². The third-order valence-electron chi connectivity index (χ3n) is 4.34. The van der Waals surface area contributed by atoms with Crippen molar-refractivity contribution in [1.82, 2.24) is 0 Å². The van der Waals surface area contributed by atoms with Gasteiger partial charge in [-0.05, 0) is 49.4 Å². The molecule has 0 aliphatic rings. The molecule has 1 amide bonds. The number of anilines is 1. The Labute approximate surface area is 191 Å². The predicted octanol–water partition coefficient (Wildman–Crippen LogP) is 5.11. The Morgan fingerprint density at radius 1 is 0.935 bits per heavy atom. The largest absolute Gasteiger partial charge is 0.495 e. The molecule has 0 unspecified atom stereocenters. The fourth-order valence-electron chi connectivity index (χ4n) is 2.77. The topological polar surface area (TPSA) is 72.9 Å². The lowest BCUT2D eigenvalue weighted by Gasteiger charge is -2.23. The minimum Gasteiger partial charge on any atom is -0.495 e. The monoisotopic (exact) mass is 479 g/mol. The molecule has 0 aliphatic heterocycles. The summed E-state index contributed by atoms with van der Waals surface area (Å²) in [5, 5.41) is 0.458. The average molecular weight is 480 g/mol. The molecule has 162 valence electrons. The van der Waals surface area contributed by atoms with E-state index in [2.05, 4.69) is 0 Å². The van der Waals surface area contributed by atoms with Crippen molar-refractivity contribution in [1.29, 1.82) is 0 Å². The summed E-state index contributed by atoms with van der Waals surface area (Å²) in [5.74, 6) is -0.211. The Hall–Kier alpha value is -2.74. The summed E-state index contributed by atoms with van der Waals surface area (Å²) in [6.45, 7) is 1.28. The van der Waals surface area contributed by atoms with E-state index in [1.54, 1.807) is 36.4 Å². The molecule has 0 N–H and O–H groups in total. The number of aryl methyl sites for hydroxylation is 1. The van der Waals surface area contributed by atoms with Gasteiger partial charge in [0.25, 0.3) is 15.9 Å². The van der Waals surface area contributed by atoms with Crippen molar-refractivity contribution in [2.45, 2.75) is 11.8 Å². The molecule has 0 heterocycles. The van der Waals surface area contributed by atoms with Gasteiger partial charge in [-0.15, -0.1) is 0 Å². The predicted molar refractivity (Wildman–Crippen MR) is 121 cm³/mol. The fraction of sp³-hybridized carbons (Fsp3) is 0.136. The maximum atomic E-state index is 13.4.